The molecule has 0 bridgehead atoms. The molecular formula is C46H72O19. The number of fused-ring (bicyclic) bond motifs is 7. The van der Waals surface area contributed by atoms with Crippen molar-refractivity contribution in [3.05, 3.63) is 0 Å². The fraction of sp³-hybridized carbons (Fsp3) is 0.913. The minimum absolute atomic E-state index is 0.0625. The average Bonchev–Trinajstić information content (AvgIpc) is 3.65. The molecule has 3 saturated heterocycles. The molecule has 3 heterocycles. The van der Waals surface area contributed by atoms with Gasteiger partial charge in [-0.05, 0) is 91.3 Å². The summed E-state index contributed by atoms with van der Waals surface area (Å²) in [7, 11) is 0. The molecule has 0 unspecified atom stereocenters. The van der Waals surface area contributed by atoms with Crippen molar-refractivity contribution in [2.24, 2.45) is 52.3 Å². The van der Waals surface area contributed by atoms with E-state index in [1.807, 2.05) is 13.8 Å². The molecule has 23 atom stereocenters. The number of hydrogen-bond donors (Lipinski definition) is 6. The molecular weight excluding hydrogens is 856 g/mol. The zero-order valence-electron chi connectivity index (χ0n) is 38.8. The monoisotopic (exact) mass is 928 g/mol. The van der Waals surface area contributed by atoms with Gasteiger partial charge >= 0.3 is 23.9 Å². The predicted octanol–water partition coefficient (Wildman–Crippen LogP) is 1.26. The maximum Gasteiger partial charge on any atom is 0.303 e. The number of hydrogen-bond acceptors (Lipinski definition) is 19. The van der Waals surface area contributed by atoms with E-state index in [-0.39, 0.29) is 67.2 Å². The van der Waals surface area contributed by atoms with E-state index in [2.05, 4.69) is 13.8 Å². The normalized spacial score (nSPS) is 48.4. The third-order valence-electron chi connectivity index (χ3n) is 16.6. The lowest BCUT2D eigenvalue weighted by molar-refractivity contribution is -0.315. The van der Waals surface area contributed by atoms with Gasteiger partial charge in [0.2, 0.25) is 0 Å². The Hall–Kier alpha value is -2.56. The van der Waals surface area contributed by atoms with Gasteiger partial charge in [-0.1, -0.05) is 27.7 Å². The Labute approximate surface area is 380 Å². The molecule has 0 aromatic carbocycles. The topological polar surface area (TPSA) is 273 Å². The molecule has 0 radical (unpaired) electrons. The first-order valence-corrected chi connectivity index (χ1v) is 23.5. The van der Waals surface area contributed by atoms with E-state index in [1.165, 1.54) is 27.7 Å². The Morgan fingerprint density at radius 3 is 2.03 bits per heavy atom. The number of esters is 4. The van der Waals surface area contributed by atoms with Crippen molar-refractivity contribution in [2.45, 2.75) is 192 Å². The quantitative estimate of drug-likeness (QED) is 0.112. The lowest BCUT2D eigenvalue weighted by Gasteiger charge is -2.64. The van der Waals surface area contributed by atoms with Gasteiger partial charge in [-0.25, -0.2) is 0 Å². The minimum Gasteiger partial charge on any atom is -0.460 e. The Bertz CT molecular complexity index is 1730. The second-order valence-electron chi connectivity index (χ2n) is 20.8. The zero-order chi connectivity index (χ0) is 47.5. The summed E-state index contributed by atoms with van der Waals surface area (Å²) in [5.41, 5.74) is -0.944. The second kappa shape index (κ2) is 19.4. The van der Waals surface area contributed by atoms with E-state index in [0.717, 1.165) is 12.8 Å². The van der Waals surface area contributed by atoms with Crippen LogP contribution >= 0.6 is 0 Å². The standard InChI is InChI=1S/C46H72O19/c1-20(18-57-42-39(55)38(54)37(53)33(17-47)64-42)11-12-46(56)21(2)35-30(65-46)14-28-27-10-9-26-13-29(52)31(59-22(3)48)15-44(26,7)36(27)32(16-45(28,35)8)63-43-41(62-25(6)51)40(61-24(5)50)34(19-58-43)60-23(4)49/h20-21,26-43,47,52-56H,9-19H2,1-8H3/t20-,21+,26-,27+,28+,29-,30+,31+,32-,33-,34+,35+,36-,37-,38+,39-,40+,41-,42-,43+,44+,45+,46+/m1/s1. The fourth-order valence-electron chi connectivity index (χ4n) is 13.8. The SMILES string of the molecule is CC(=O)O[C@@H]1[C@@H](OC(C)=O)[C@H](O[C@@H]2C[C@]3(C)[C@@H]4[C@H](C[C@H]3[C@@H]3CC[C@@H]5C[C@@H](O)[C@@H](OC(C)=O)C[C@]5(C)[C@H]32)O[C@@](O)(CC[C@@H](C)CO[C@@H]2O[C@H](CO)[C@@H](O)[C@H](O)[C@H]2O)[C@H]4C)OC[C@@H]1OC(C)=O. The maximum absolute atomic E-state index is 12.7. The molecule has 19 heteroatoms. The average molecular weight is 929 g/mol. The fourth-order valence-corrected chi connectivity index (χ4v) is 13.8. The molecule has 7 fully saturated rings. The molecule has 0 spiro atoms. The summed E-state index contributed by atoms with van der Waals surface area (Å²) in [5, 5.41) is 64.0. The van der Waals surface area contributed by atoms with Crippen molar-refractivity contribution < 1.29 is 92.4 Å². The molecule has 6 N–H and O–H groups in total. The number of carbonyl (C=O) groups excluding carboxylic acids is 4. The van der Waals surface area contributed by atoms with Crippen molar-refractivity contribution in [1.82, 2.24) is 0 Å². The zero-order valence-corrected chi connectivity index (χ0v) is 38.8. The van der Waals surface area contributed by atoms with Crippen molar-refractivity contribution in [3.63, 3.8) is 0 Å². The van der Waals surface area contributed by atoms with Crippen LogP contribution in [0, 0.1) is 52.3 Å². The van der Waals surface area contributed by atoms with Gasteiger partial charge in [-0.3, -0.25) is 19.2 Å². The summed E-state index contributed by atoms with van der Waals surface area (Å²) in [5.74, 6) is -4.51. The van der Waals surface area contributed by atoms with Gasteiger partial charge in [-0.2, -0.15) is 0 Å². The highest BCUT2D eigenvalue weighted by atomic mass is 16.7. The highest BCUT2D eigenvalue weighted by molar-refractivity contribution is 5.68. The van der Waals surface area contributed by atoms with Crippen LogP contribution in [0.1, 0.15) is 107 Å². The van der Waals surface area contributed by atoms with Crippen molar-refractivity contribution in [3.8, 4) is 0 Å². The van der Waals surface area contributed by atoms with E-state index < -0.39 is 121 Å². The van der Waals surface area contributed by atoms with Gasteiger partial charge < -0.3 is 73.3 Å². The molecule has 3 aliphatic heterocycles. The summed E-state index contributed by atoms with van der Waals surface area (Å²) >= 11 is 0. The molecule has 4 aliphatic carbocycles. The van der Waals surface area contributed by atoms with Crippen molar-refractivity contribution in [2.75, 3.05) is 19.8 Å². The van der Waals surface area contributed by atoms with Crippen LogP contribution in [0.25, 0.3) is 0 Å². The van der Waals surface area contributed by atoms with Gasteiger partial charge in [0.25, 0.3) is 0 Å². The first-order valence-electron chi connectivity index (χ1n) is 23.5. The van der Waals surface area contributed by atoms with Crippen molar-refractivity contribution in [1.29, 1.82) is 0 Å². The van der Waals surface area contributed by atoms with Crippen LogP contribution < -0.4 is 0 Å². The molecule has 0 aromatic rings. The highest BCUT2D eigenvalue weighted by Crippen LogP contribution is 2.71. The van der Waals surface area contributed by atoms with Gasteiger partial charge in [0, 0.05) is 40.0 Å². The Morgan fingerprint density at radius 2 is 1.38 bits per heavy atom. The molecule has 19 nitrogen and oxygen atoms in total. The first-order chi connectivity index (χ1) is 30.5. The van der Waals surface area contributed by atoms with E-state index >= 15 is 0 Å². The second-order valence-corrected chi connectivity index (χ2v) is 20.8. The third-order valence-corrected chi connectivity index (χ3v) is 16.6. The summed E-state index contributed by atoms with van der Waals surface area (Å²) in [6, 6.07) is 0. The number of ether oxygens (including phenoxy) is 9. The molecule has 7 aliphatic rings. The van der Waals surface area contributed by atoms with Crippen LogP contribution in [0.15, 0.2) is 0 Å². The number of carbonyl (C=O) groups is 4. The van der Waals surface area contributed by atoms with E-state index in [4.69, 9.17) is 42.6 Å². The number of aliphatic hydroxyl groups is 6. The molecule has 370 valence electrons. The Kier molecular flexibility index (Phi) is 15.1. The highest BCUT2D eigenvalue weighted by Gasteiger charge is 2.71. The molecule has 0 aromatic heterocycles. The summed E-state index contributed by atoms with van der Waals surface area (Å²) in [6.45, 7) is 12.6. The Morgan fingerprint density at radius 1 is 0.754 bits per heavy atom. The van der Waals surface area contributed by atoms with Crippen LogP contribution in [0.3, 0.4) is 0 Å². The molecule has 4 saturated carbocycles. The first kappa shape index (κ1) is 50.3. The third kappa shape index (κ3) is 9.72. The van der Waals surface area contributed by atoms with Gasteiger partial charge in [-0.15, -0.1) is 0 Å². The largest absolute Gasteiger partial charge is 0.460 e. The van der Waals surface area contributed by atoms with Gasteiger partial charge in [0.1, 0.15) is 30.5 Å². The van der Waals surface area contributed by atoms with Crippen LogP contribution in [-0.4, -0.2) is 160 Å². The van der Waals surface area contributed by atoms with Crippen LogP contribution in [0.5, 0.6) is 0 Å². The summed E-state index contributed by atoms with van der Waals surface area (Å²) < 4.78 is 54.2. The number of rotatable bonds is 13. The van der Waals surface area contributed by atoms with Gasteiger partial charge in [0.05, 0.1) is 38.1 Å². The van der Waals surface area contributed by atoms with E-state index in [1.54, 1.807) is 0 Å². The van der Waals surface area contributed by atoms with Crippen LogP contribution in [0.2, 0.25) is 0 Å². The predicted molar refractivity (Wildman–Crippen MR) is 221 cm³/mol. The van der Waals surface area contributed by atoms with Crippen molar-refractivity contribution >= 4 is 23.9 Å². The Balaban J connectivity index is 1.15. The maximum atomic E-state index is 12.7. The smallest absolute Gasteiger partial charge is 0.303 e. The van der Waals surface area contributed by atoms with Crippen LogP contribution in [-0.2, 0) is 61.8 Å². The van der Waals surface area contributed by atoms with E-state index in [0.29, 0.717) is 32.1 Å². The summed E-state index contributed by atoms with van der Waals surface area (Å²) in [4.78, 5) is 49.6. The lowest BCUT2D eigenvalue weighted by Crippen LogP contribution is -2.64. The number of aliphatic hydroxyl groups excluding tert-OH is 5. The summed E-state index contributed by atoms with van der Waals surface area (Å²) in [6.07, 6.45) is -9.90. The van der Waals surface area contributed by atoms with Crippen LogP contribution in [0.4, 0.5) is 0 Å². The lowest BCUT2D eigenvalue weighted by atomic mass is 9.43. The molecule has 7 rings (SSSR count). The molecule has 0 amide bonds. The van der Waals surface area contributed by atoms with E-state index in [9.17, 15) is 49.8 Å². The van der Waals surface area contributed by atoms with Gasteiger partial charge in [0.15, 0.2) is 36.7 Å². The minimum atomic E-state index is -1.56. The molecule has 65 heavy (non-hydrogen) atoms.